The summed E-state index contributed by atoms with van der Waals surface area (Å²) in [6.45, 7) is -0.123. The van der Waals surface area contributed by atoms with Crippen LogP contribution in [0.25, 0.3) is 0 Å². The Balaban J connectivity index is 2.61. The topological polar surface area (TPSA) is 109 Å². The summed E-state index contributed by atoms with van der Waals surface area (Å²) >= 11 is 0. The number of carbonyl (C=O) groups is 1. The average Bonchev–Trinajstić information content (AvgIpc) is 2.97. The number of aliphatic carboxylic acids is 1. The first-order chi connectivity index (χ1) is 10.6. The van der Waals surface area contributed by atoms with E-state index >= 15 is 0 Å². The van der Waals surface area contributed by atoms with Gasteiger partial charge in [-0.05, 0) is 25.0 Å². The van der Waals surface area contributed by atoms with Gasteiger partial charge in [-0.2, -0.15) is 13.1 Å². The number of carboxylic acids is 1. The Labute approximate surface area is 131 Å². The SMILES string of the molecule is O=C(O)[C@H]1CCCN1S(=O)(=O)c1ccccc1S(=O)(=O)C(F)F. The molecule has 1 aliphatic heterocycles. The van der Waals surface area contributed by atoms with Crippen LogP contribution >= 0.6 is 0 Å². The molecule has 0 aromatic heterocycles. The first-order valence-electron chi connectivity index (χ1n) is 6.46. The molecule has 1 aromatic carbocycles. The van der Waals surface area contributed by atoms with Gasteiger partial charge in [-0.25, -0.2) is 16.8 Å². The van der Waals surface area contributed by atoms with E-state index in [-0.39, 0.29) is 19.4 Å². The molecule has 1 fully saturated rings. The Morgan fingerprint density at radius 1 is 1.17 bits per heavy atom. The zero-order valence-corrected chi connectivity index (χ0v) is 13.2. The van der Waals surface area contributed by atoms with E-state index in [2.05, 4.69) is 0 Å². The van der Waals surface area contributed by atoms with Crippen molar-refractivity contribution in [1.82, 2.24) is 4.31 Å². The summed E-state index contributed by atoms with van der Waals surface area (Å²) < 4.78 is 74.7. The van der Waals surface area contributed by atoms with E-state index in [4.69, 9.17) is 5.11 Å². The number of benzene rings is 1. The number of sulfonamides is 1. The first-order valence-corrected chi connectivity index (χ1v) is 9.44. The number of hydrogen-bond donors (Lipinski definition) is 1. The van der Waals surface area contributed by atoms with Crippen molar-refractivity contribution < 1.29 is 35.5 Å². The predicted molar refractivity (Wildman–Crippen MR) is 74.2 cm³/mol. The normalized spacial score (nSPS) is 20.0. The van der Waals surface area contributed by atoms with Crippen molar-refractivity contribution in [2.75, 3.05) is 6.54 Å². The second kappa shape index (κ2) is 6.13. The standard InChI is InChI=1S/C12H13F2NO6S2/c13-12(14)22(18,19)9-5-1-2-6-10(9)23(20,21)15-7-3-4-8(15)11(16)17/h1-2,5-6,8,12H,3-4,7H2,(H,16,17)/t8-/m1/s1. The van der Waals surface area contributed by atoms with Crippen molar-refractivity contribution in [3.8, 4) is 0 Å². The summed E-state index contributed by atoms with van der Waals surface area (Å²) in [5.74, 6) is -5.16. The summed E-state index contributed by atoms with van der Waals surface area (Å²) in [5.41, 5.74) is 0. The number of hydrogen-bond acceptors (Lipinski definition) is 5. The van der Waals surface area contributed by atoms with Gasteiger partial charge in [0.15, 0.2) is 0 Å². The number of halogens is 2. The van der Waals surface area contributed by atoms with Gasteiger partial charge in [0.1, 0.15) is 10.9 Å². The molecule has 1 aliphatic rings. The van der Waals surface area contributed by atoms with Gasteiger partial charge < -0.3 is 5.11 Å². The number of nitrogens with zero attached hydrogens (tertiary/aromatic N) is 1. The van der Waals surface area contributed by atoms with Crippen molar-refractivity contribution in [2.24, 2.45) is 0 Å². The molecule has 0 radical (unpaired) electrons. The lowest BCUT2D eigenvalue weighted by Gasteiger charge is -2.22. The smallest absolute Gasteiger partial charge is 0.341 e. The van der Waals surface area contributed by atoms with Gasteiger partial charge in [0.05, 0.1) is 4.90 Å². The van der Waals surface area contributed by atoms with Gasteiger partial charge in [-0.1, -0.05) is 12.1 Å². The molecule has 1 atom stereocenters. The fourth-order valence-corrected chi connectivity index (χ4v) is 5.59. The Morgan fingerprint density at radius 2 is 1.74 bits per heavy atom. The lowest BCUT2D eigenvalue weighted by molar-refractivity contribution is -0.140. The van der Waals surface area contributed by atoms with Crippen LogP contribution in [-0.4, -0.2) is 50.6 Å². The summed E-state index contributed by atoms with van der Waals surface area (Å²) in [6.07, 6.45) is 0.346. The molecule has 0 unspecified atom stereocenters. The van der Waals surface area contributed by atoms with Crippen LogP contribution in [0.4, 0.5) is 8.78 Å². The second-order valence-corrected chi connectivity index (χ2v) is 8.61. The summed E-state index contributed by atoms with van der Waals surface area (Å²) in [6, 6.07) is 2.60. The molecule has 2 rings (SSSR count). The number of alkyl halides is 2. The zero-order chi connectivity index (χ0) is 17.4. The minimum atomic E-state index is -5.14. The van der Waals surface area contributed by atoms with Crippen molar-refractivity contribution in [1.29, 1.82) is 0 Å². The Hall–Kier alpha value is -1.59. The molecule has 11 heteroatoms. The number of rotatable bonds is 5. The van der Waals surface area contributed by atoms with Crippen LogP contribution in [0.15, 0.2) is 34.1 Å². The third-order valence-electron chi connectivity index (χ3n) is 3.47. The highest BCUT2D eigenvalue weighted by atomic mass is 32.2. The van der Waals surface area contributed by atoms with Crippen molar-refractivity contribution in [3.63, 3.8) is 0 Å². The molecule has 1 N–H and O–H groups in total. The number of carboxylic acid groups (broad SMARTS) is 1. The minimum Gasteiger partial charge on any atom is -0.480 e. The summed E-state index contributed by atoms with van der Waals surface area (Å²) in [4.78, 5) is 9.26. The molecule has 0 spiro atoms. The van der Waals surface area contributed by atoms with E-state index in [0.29, 0.717) is 4.31 Å². The third-order valence-corrected chi connectivity index (χ3v) is 7.00. The zero-order valence-electron chi connectivity index (χ0n) is 11.6. The maximum atomic E-state index is 12.8. The maximum Gasteiger partial charge on any atom is 0.341 e. The van der Waals surface area contributed by atoms with Gasteiger partial charge in [0, 0.05) is 6.54 Å². The summed E-state index contributed by atoms with van der Waals surface area (Å²) in [5, 5.41) is 9.07. The molecule has 0 aliphatic carbocycles. The molecule has 128 valence electrons. The van der Waals surface area contributed by atoms with Crippen LogP contribution < -0.4 is 0 Å². The molecular weight excluding hydrogens is 356 g/mol. The molecule has 0 amide bonds. The molecule has 1 heterocycles. The van der Waals surface area contributed by atoms with E-state index in [1.807, 2.05) is 0 Å². The van der Waals surface area contributed by atoms with Gasteiger partial charge in [-0.15, -0.1) is 0 Å². The van der Waals surface area contributed by atoms with Crippen LogP contribution in [0.3, 0.4) is 0 Å². The van der Waals surface area contributed by atoms with E-state index in [0.717, 1.165) is 18.2 Å². The molecule has 7 nitrogen and oxygen atoms in total. The second-order valence-electron chi connectivity index (χ2n) is 4.86. The van der Waals surface area contributed by atoms with E-state index < -0.39 is 47.4 Å². The largest absolute Gasteiger partial charge is 0.480 e. The Kier molecular flexibility index (Phi) is 4.74. The number of sulfone groups is 1. The minimum absolute atomic E-state index is 0.0678. The quantitative estimate of drug-likeness (QED) is 0.827. The lowest BCUT2D eigenvalue weighted by atomic mass is 10.2. The highest BCUT2D eigenvalue weighted by Crippen LogP contribution is 2.31. The fraction of sp³-hybridized carbons (Fsp3) is 0.417. The van der Waals surface area contributed by atoms with Crippen LogP contribution in [0.2, 0.25) is 0 Å². The predicted octanol–water partition coefficient (Wildman–Crippen LogP) is 0.921. The van der Waals surface area contributed by atoms with Crippen LogP contribution in [0, 0.1) is 0 Å². The Morgan fingerprint density at radius 3 is 2.26 bits per heavy atom. The summed E-state index contributed by atoms with van der Waals surface area (Å²) in [7, 11) is -9.68. The first kappa shape index (κ1) is 17.8. The molecule has 1 saturated heterocycles. The molecule has 0 saturated carbocycles. The van der Waals surface area contributed by atoms with Crippen LogP contribution in [0.5, 0.6) is 0 Å². The highest BCUT2D eigenvalue weighted by molar-refractivity contribution is 7.93. The van der Waals surface area contributed by atoms with E-state index in [9.17, 15) is 30.4 Å². The molecule has 23 heavy (non-hydrogen) atoms. The maximum absolute atomic E-state index is 12.8. The van der Waals surface area contributed by atoms with Gasteiger partial charge in [-0.3, -0.25) is 4.79 Å². The van der Waals surface area contributed by atoms with Crippen molar-refractivity contribution in [3.05, 3.63) is 24.3 Å². The highest BCUT2D eigenvalue weighted by Gasteiger charge is 2.42. The average molecular weight is 369 g/mol. The lowest BCUT2D eigenvalue weighted by Crippen LogP contribution is -2.40. The molecule has 0 bridgehead atoms. The van der Waals surface area contributed by atoms with E-state index in [1.165, 1.54) is 6.07 Å². The molecular formula is C12H13F2NO6S2. The van der Waals surface area contributed by atoms with Crippen molar-refractivity contribution in [2.45, 2.75) is 34.4 Å². The van der Waals surface area contributed by atoms with E-state index in [1.54, 1.807) is 0 Å². The Bertz CT molecular complexity index is 822. The molecule has 1 aromatic rings. The van der Waals surface area contributed by atoms with Gasteiger partial charge in [0.2, 0.25) is 19.9 Å². The third kappa shape index (κ3) is 3.08. The van der Waals surface area contributed by atoms with Crippen LogP contribution in [-0.2, 0) is 24.7 Å². The fourth-order valence-electron chi connectivity index (χ4n) is 2.40. The van der Waals surface area contributed by atoms with Crippen LogP contribution in [0.1, 0.15) is 12.8 Å². The van der Waals surface area contributed by atoms with Gasteiger partial charge in [0.25, 0.3) is 0 Å². The van der Waals surface area contributed by atoms with Crippen molar-refractivity contribution >= 4 is 25.8 Å². The van der Waals surface area contributed by atoms with Gasteiger partial charge >= 0.3 is 11.7 Å². The monoisotopic (exact) mass is 369 g/mol.